The topological polar surface area (TPSA) is 104 Å². The van der Waals surface area contributed by atoms with E-state index in [2.05, 4.69) is 9.97 Å². The Labute approximate surface area is 93.0 Å². The number of aromatic nitrogens is 2. The third-order valence-corrected chi connectivity index (χ3v) is 2.60. The van der Waals surface area contributed by atoms with E-state index in [1.807, 2.05) is 0 Å². The molecule has 1 saturated carbocycles. The van der Waals surface area contributed by atoms with Crippen molar-refractivity contribution in [2.75, 3.05) is 0 Å². The quantitative estimate of drug-likeness (QED) is 0.739. The first-order chi connectivity index (χ1) is 7.66. The van der Waals surface area contributed by atoms with Gasteiger partial charge >= 0.3 is 0 Å². The molecule has 0 radical (unpaired) electrons. The Balaban J connectivity index is 2.12. The van der Waals surface area contributed by atoms with Gasteiger partial charge < -0.3 is 16.2 Å². The standard InChI is InChI=1S/C10H14N4O2/c11-6-1-2-7(5-6)16-10-8(9(12)15)13-3-4-14-10/h3-4,6-7H,1-2,5,11H2,(H2,12,15). The molecule has 86 valence electrons. The van der Waals surface area contributed by atoms with Gasteiger partial charge in [-0.25, -0.2) is 9.97 Å². The van der Waals surface area contributed by atoms with Crippen LogP contribution in [0.5, 0.6) is 5.88 Å². The van der Waals surface area contributed by atoms with Gasteiger partial charge in [0.1, 0.15) is 6.10 Å². The number of hydrogen-bond acceptors (Lipinski definition) is 5. The van der Waals surface area contributed by atoms with Gasteiger partial charge in [0.15, 0.2) is 5.69 Å². The lowest BCUT2D eigenvalue weighted by molar-refractivity contribution is 0.0985. The maximum atomic E-state index is 11.1. The second-order valence-corrected chi connectivity index (χ2v) is 3.89. The molecule has 1 fully saturated rings. The smallest absolute Gasteiger partial charge is 0.272 e. The lowest BCUT2D eigenvalue weighted by Gasteiger charge is -2.13. The minimum Gasteiger partial charge on any atom is -0.473 e. The lowest BCUT2D eigenvalue weighted by atomic mass is 10.3. The molecule has 2 unspecified atom stereocenters. The predicted molar refractivity (Wildman–Crippen MR) is 56.8 cm³/mol. The van der Waals surface area contributed by atoms with Crippen LogP contribution in [-0.4, -0.2) is 28.0 Å². The molecular weight excluding hydrogens is 208 g/mol. The van der Waals surface area contributed by atoms with E-state index in [0.717, 1.165) is 19.3 Å². The van der Waals surface area contributed by atoms with Gasteiger partial charge in [-0.15, -0.1) is 0 Å². The van der Waals surface area contributed by atoms with Crippen LogP contribution in [0, 0.1) is 0 Å². The molecule has 1 heterocycles. The highest BCUT2D eigenvalue weighted by Gasteiger charge is 2.25. The fourth-order valence-electron chi connectivity index (χ4n) is 1.82. The second kappa shape index (κ2) is 4.44. The van der Waals surface area contributed by atoms with Gasteiger partial charge in [0, 0.05) is 18.4 Å². The van der Waals surface area contributed by atoms with Gasteiger partial charge in [-0.3, -0.25) is 4.79 Å². The fraction of sp³-hybridized carbons (Fsp3) is 0.500. The molecule has 1 aromatic heterocycles. The van der Waals surface area contributed by atoms with Crippen LogP contribution in [0.1, 0.15) is 29.8 Å². The van der Waals surface area contributed by atoms with Crippen LogP contribution in [0.2, 0.25) is 0 Å². The Morgan fingerprint density at radius 2 is 2.12 bits per heavy atom. The maximum absolute atomic E-state index is 11.1. The van der Waals surface area contributed by atoms with Crippen molar-refractivity contribution in [1.82, 2.24) is 9.97 Å². The number of ether oxygens (including phenoxy) is 1. The Morgan fingerprint density at radius 1 is 1.38 bits per heavy atom. The molecule has 0 aromatic carbocycles. The number of carbonyl (C=O) groups is 1. The summed E-state index contributed by atoms with van der Waals surface area (Å²) in [5, 5.41) is 0. The van der Waals surface area contributed by atoms with E-state index >= 15 is 0 Å². The van der Waals surface area contributed by atoms with E-state index in [9.17, 15) is 4.79 Å². The minimum absolute atomic E-state index is 0.00444. The monoisotopic (exact) mass is 222 g/mol. The molecule has 0 aliphatic heterocycles. The Kier molecular flexibility index (Phi) is 3.00. The summed E-state index contributed by atoms with van der Waals surface area (Å²) >= 11 is 0. The molecule has 16 heavy (non-hydrogen) atoms. The molecule has 1 aromatic rings. The van der Waals surface area contributed by atoms with Gasteiger partial charge in [0.25, 0.3) is 5.91 Å². The van der Waals surface area contributed by atoms with Gasteiger partial charge in [0.05, 0.1) is 0 Å². The van der Waals surface area contributed by atoms with Crippen LogP contribution >= 0.6 is 0 Å². The molecule has 2 atom stereocenters. The lowest BCUT2D eigenvalue weighted by Crippen LogP contribution is -2.22. The number of nitrogens with two attached hydrogens (primary N) is 2. The van der Waals surface area contributed by atoms with Crippen molar-refractivity contribution in [3.63, 3.8) is 0 Å². The highest BCUT2D eigenvalue weighted by Crippen LogP contribution is 2.23. The number of carbonyl (C=O) groups excluding carboxylic acids is 1. The molecule has 0 bridgehead atoms. The zero-order valence-corrected chi connectivity index (χ0v) is 8.80. The third kappa shape index (κ3) is 2.27. The van der Waals surface area contributed by atoms with E-state index in [1.165, 1.54) is 12.4 Å². The second-order valence-electron chi connectivity index (χ2n) is 3.89. The van der Waals surface area contributed by atoms with E-state index in [4.69, 9.17) is 16.2 Å². The third-order valence-electron chi connectivity index (χ3n) is 2.60. The van der Waals surface area contributed by atoms with Crippen LogP contribution in [-0.2, 0) is 0 Å². The molecule has 4 N–H and O–H groups in total. The number of rotatable bonds is 3. The first-order valence-electron chi connectivity index (χ1n) is 5.20. The molecule has 6 heteroatoms. The summed E-state index contributed by atoms with van der Waals surface area (Å²) in [7, 11) is 0. The van der Waals surface area contributed by atoms with Crippen molar-refractivity contribution < 1.29 is 9.53 Å². The first kappa shape index (κ1) is 10.8. The summed E-state index contributed by atoms with van der Waals surface area (Å²) in [5.74, 6) is -0.431. The average Bonchev–Trinajstić information content (AvgIpc) is 2.64. The van der Waals surface area contributed by atoms with Gasteiger partial charge in [-0.2, -0.15) is 0 Å². The highest BCUT2D eigenvalue weighted by molar-refractivity contribution is 5.92. The summed E-state index contributed by atoms with van der Waals surface area (Å²) in [6, 6.07) is 0.165. The fourth-order valence-corrected chi connectivity index (χ4v) is 1.82. The number of primary amides is 1. The van der Waals surface area contributed by atoms with E-state index in [-0.39, 0.29) is 23.7 Å². The summed E-state index contributed by atoms with van der Waals surface area (Å²) in [4.78, 5) is 18.9. The SMILES string of the molecule is NC(=O)c1nccnc1OC1CCC(N)C1. The van der Waals surface area contributed by atoms with Crippen molar-refractivity contribution in [3.8, 4) is 5.88 Å². The maximum Gasteiger partial charge on any atom is 0.272 e. The average molecular weight is 222 g/mol. The van der Waals surface area contributed by atoms with E-state index < -0.39 is 5.91 Å². The largest absolute Gasteiger partial charge is 0.473 e. The van der Waals surface area contributed by atoms with Crippen molar-refractivity contribution in [2.24, 2.45) is 11.5 Å². The summed E-state index contributed by atoms with van der Waals surface area (Å²) in [5.41, 5.74) is 11.0. The van der Waals surface area contributed by atoms with Crippen LogP contribution in [0.15, 0.2) is 12.4 Å². The molecule has 1 amide bonds. The normalized spacial score (nSPS) is 24.3. The molecular formula is C10H14N4O2. The summed E-state index contributed by atoms with van der Waals surface area (Å²) in [6.45, 7) is 0. The number of amides is 1. The Bertz CT molecular complexity index is 396. The van der Waals surface area contributed by atoms with Crippen LogP contribution < -0.4 is 16.2 Å². The van der Waals surface area contributed by atoms with Crippen molar-refractivity contribution >= 4 is 5.91 Å². The molecule has 1 aliphatic carbocycles. The number of hydrogen-bond donors (Lipinski definition) is 2. The molecule has 6 nitrogen and oxygen atoms in total. The van der Waals surface area contributed by atoms with Crippen LogP contribution in [0.25, 0.3) is 0 Å². The van der Waals surface area contributed by atoms with Crippen molar-refractivity contribution in [3.05, 3.63) is 18.1 Å². The van der Waals surface area contributed by atoms with Gasteiger partial charge in [-0.05, 0) is 19.3 Å². The van der Waals surface area contributed by atoms with Gasteiger partial charge in [0.2, 0.25) is 5.88 Å². The van der Waals surface area contributed by atoms with Crippen LogP contribution in [0.4, 0.5) is 0 Å². The van der Waals surface area contributed by atoms with Crippen LogP contribution in [0.3, 0.4) is 0 Å². The highest BCUT2D eigenvalue weighted by atomic mass is 16.5. The number of nitrogens with zero attached hydrogens (tertiary/aromatic N) is 2. The first-order valence-corrected chi connectivity index (χ1v) is 5.20. The van der Waals surface area contributed by atoms with Crippen molar-refractivity contribution in [2.45, 2.75) is 31.4 Å². The minimum atomic E-state index is -0.634. The summed E-state index contributed by atoms with van der Waals surface area (Å²) in [6.07, 6.45) is 5.45. The predicted octanol–water partition coefficient (Wildman–Crippen LogP) is -0.166. The zero-order valence-electron chi connectivity index (χ0n) is 8.80. The molecule has 0 spiro atoms. The Morgan fingerprint density at radius 3 is 2.75 bits per heavy atom. The molecule has 0 saturated heterocycles. The molecule has 2 rings (SSSR count). The van der Waals surface area contributed by atoms with Crippen molar-refractivity contribution in [1.29, 1.82) is 0 Å². The molecule has 1 aliphatic rings. The van der Waals surface area contributed by atoms with E-state index in [0.29, 0.717) is 0 Å². The Hall–Kier alpha value is -1.69. The van der Waals surface area contributed by atoms with Gasteiger partial charge in [-0.1, -0.05) is 0 Å². The van der Waals surface area contributed by atoms with E-state index in [1.54, 1.807) is 0 Å². The summed E-state index contributed by atoms with van der Waals surface area (Å²) < 4.78 is 5.58. The zero-order chi connectivity index (χ0) is 11.5.